The Morgan fingerprint density at radius 2 is 2.17 bits per heavy atom. The molecule has 0 aliphatic heterocycles. The minimum Gasteiger partial charge on any atom is -0.481 e. The Labute approximate surface area is 72.7 Å². The Hall–Kier alpha value is -0.570. The second-order valence-corrected chi connectivity index (χ2v) is 3.59. The van der Waals surface area contributed by atoms with Gasteiger partial charge in [-0.15, -0.1) is 0 Å². The summed E-state index contributed by atoms with van der Waals surface area (Å²) in [6.45, 7) is 1.99. The standard InChI is InChI=1S/C9H16O3/c1-6-5-7(12-2)3-4-8(6)9(10)11/h6-8H,3-5H2,1-2H3,(H,10,11)/t6-,7-,8-/m1/s1. The molecular formula is C9H16O3. The lowest BCUT2D eigenvalue weighted by atomic mass is 9.79. The van der Waals surface area contributed by atoms with E-state index in [4.69, 9.17) is 9.84 Å². The Balaban J connectivity index is 2.47. The molecule has 0 aromatic rings. The lowest BCUT2D eigenvalue weighted by molar-refractivity contribution is -0.145. The van der Waals surface area contributed by atoms with Crippen LogP contribution in [0.2, 0.25) is 0 Å². The van der Waals surface area contributed by atoms with Gasteiger partial charge in [-0.2, -0.15) is 0 Å². The van der Waals surface area contributed by atoms with Crippen molar-refractivity contribution in [3.63, 3.8) is 0 Å². The highest BCUT2D eigenvalue weighted by molar-refractivity contribution is 5.70. The molecule has 3 nitrogen and oxygen atoms in total. The number of carboxylic acids is 1. The van der Waals surface area contributed by atoms with Crippen molar-refractivity contribution < 1.29 is 14.6 Å². The number of hydrogen-bond donors (Lipinski definition) is 1. The van der Waals surface area contributed by atoms with Crippen LogP contribution in [0, 0.1) is 11.8 Å². The van der Waals surface area contributed by atoms with E-state index in [2.05, 4.69) is 0 Å². The summed E-state index contributed by atoms with van der Waals surface area (Å²) in [5.41, 5.74) is 0. The number of hydrogen-bond acceptors (Lipinski definition) is 2. The van der Waals surface area contributed by atoms with Gasteiger partial charge in [-0.1, -0.05) is 6.92 Å². The van der Waals surface area contributed by atoms with Gasteiger partial charge < -0.3 is 9.84 Å². The molecule has 12 heavy (non-hydrogen) atoms. The molecule has 0 heterocycles. The van der Waals surface area contributed by atoms with E-state index >= 15 is 0 Å². The summed E-state index contributed by atoms with van der Waals surface area (Å²) in [7, 11) is 1.69. The predicted molar refractivity (Wildman–Crippen MR) is 44.9 cm³/mol. The summed E-state index contributed by atoms with van der Waals surface area (Å²) in [6, 6.07) is 0. The first-order valence-electron chi connectivity index (χ1n) is 4.40. The number of carbonyl (C=O) groups is 1. The molecule has 1 N–H and O–H groups in total. The summed E-state index contributed by atoms with van der Waals surface area (Å²) in [4.78, 5) is 10.7. The monoisotopic (exact) mass is 172 g/mol. The molecule has 1 aliphatic rings. The molecule has 3 atom stereocenters. The van der Waals surface area contributed by atoms with Crippen molar-refractivity contribution in [1.82, 2.24) is 0 Å². The third-order valence-corrected chi connectivity index (χ3v) is 2.77. The van der Waals surface area contributed by atoms with Crippen molar-refractivity contribution in [2.24, 2.45) is 11.8 Å². The zero-order chi connectivity index (χ0) is 9.14. The van der Waals surface area contributed by atoms with E-state index in [1.807, 2.05) is 6.92 Å². The van der Waals surface area contributed by atoms with Crippen LogP contribution in [0.1, 0.15) is 26.2 Å². The second-order valence-electron chi connectivity index (χ2n) is 3.59. The van der Waals surface area contributed by atoms with Gasteiger partial charge in [0.05, 0.1) is 12.0 Å². The van der Waals surface area contributed by atoms with Gasteiger partial charge in [-0.05, 0) is 25.2 Å². The fraction of sp³-hybridized carbons (Fsp3) is 0.889. The molecule has 0 saturated heterocycles. The average Bonchev–Trinajstić information content (AvgIpc) is 2.03. The fourth-order valence-corrected chi connectivity index (χ4v) is 1.93. The van der Waals surface area contributed by atoms with Crippen molar-refractivity contribution in [3.05, 3.63) is 0 Å². The van der Waals surface area contributed by atoms with Crippen LogP contribution in [0.4, 0.5) is 0 Å². The van der Waals surface area contributed by atoms with E-state index in [1.165, 1.54) is 0 Å². The molecule has 0 amide bonds. The first kappa shape index (κ1) is 9.52. The van der Waals surface area contributed by atoms with Gasteiger partial charge in [0.2, 0.25) is 0 Å². The third kappa shape index (κ3) is 1.97. The number of carboxylic acid groups (broad SMARTS) is 1. The third-order valence-electron chi connectivity index (χ3n) is 2.77. The molecule has 3 heteroatoms. The molecule has 70 valence electrons. The molecule has 0 bridgehead atoms. The number of ether oxygens (including phenoxy) is 1. The highest BCUT2D eigenvalue weighted by Gasteiger charge is 2.31. The van der Waals surface area contributed by atoms with Crippen molar-refractivity contribution in [1.29, 1.82) is 0 Å². The fourth-order valence-electron chi connectivity index (χ4n) is 1.93. The zero-order valence-corrected chi connectivity index (χ0v) is 7.62. The molecule has 1 aliphatic carbocycles. The largest absolute Gasteiger partial charge is 0.481 e. The van der Waals surface area contributed by atoms with Gasteiger partial charge in [0.15, 0.2) is 0 Å². The quantitative estimate of drug-likeness (QED) is 0.687. The van der Waals surface area contributed by atoms with E-state index < -0.39 is 5.97 Å². The molecule has 0 aromatic carbocycles. The Kier molecular flexibility index (Phi) is 3.09. The van der Waals surface area contributed by atoms with Crippen LogP contribution in [0.15, 0.2) is 0 Å². The average molecular weight is 172 g/mol. The van der Waals surface area contributed by atoms with E-state index in [9.17, 15) is 4.79 Å². The SMILES string of the molecule is CO[C@@H]1CC[C@@H](C(=O)O)[C@H](C)C1. The topological polar surface area (TPSA) is 46.5 Å². The molecule has 1 fully saturated rings. The van der Waals surface area contributed by atoms with Gasteiger partial charge in [0.25, 0.3) is 0 Å². The smallest absolute Gasteiger partial charge is 0.306 e. The molecule has 0 radical (unpaired) electrons. The Bertz CT molecular complexity index is 167. The summed E-state index contributed by atoms with van der Waals surface area (Å²) in [6.07, 6.45) is 2.80. The predicted octanol–water partition coefficient (Wildman–Crippen LogP) is 1.52. The molecule has 0 aromatic heterocycles. The molecule has 1 rings (SSSR count). The van der Waals surface area contributed by atoms with Crippen LogP contribution in [0.3, 0.4) is 0 Å². The van der Waals surface area contributed by atoms with Crippen LogP contribution >= 0.6 is 0 Å². The van der Waals surface area contributed by atoms with Crippen LogP contribution in [0.5, 0.6) is 0 Å². The summed E-state index contributed by atoms with van der Waals surface area (Å²) < 4.78 is 5.20. The minimum absolute atomic E-state index is 0.156. The Morgan fingerprint density at radius 3 is 2.58 bits per heavy atom. The summed E-state index contributed by atoms with van der Waals surface area (Å²) >= 11 is 0. The minimum atomic E-state index is -0.656. The maximum absolute atomic E-state index is 10.7. The maximum atomic E-state index is 10.7. The van der Waals surface area contributed by atoms with Gasteiger partial charge in [-0.3, -0.25) is 4.79 Å². The molecule has 1 saturated carbocycles. The van der Waals surface area contributed by atoms with Crippen molar-refractivity contribution in [2.75, 3.05) is 7.11 Å². The van der Waals surface area contributed by atoms with E-state index in [0.29, 0.717) is 0 Å². The van der Waals surface area contributed by atoms with Crippen molar-refractivity contribution in [3.8, 4) is 0 Å². The van der Waals surface area contributed by atoms with Crippen LogP contribution in [0.25, 0.3) is 0 Å². The normalized spacial score (nSPS) is 36.3. The second kappa shape index (κ2) is 3.90. The van der Waals surface area contributed by atoms with Crippen LogP contribution in [-0.2, 0) is 9.53 Å². The van der Waals surface area contributed by atoms with Gasteiger partial charge in [0.1, 0.15) is 0 Å². The molecular weight excluding hydrogens is 156 g/mol. The highest BCUT2D eigenvalue weighted by Crippen LogP contribution is 2.31. The van der Waals surface area contributed by atoms with Gasteiger partial charge >= 0.3 is 5.97 Å². The first-order valence-corrected chi connectivity index (χ1v) is 4.40. The van der Waals surface area contributed by atoms with Crippen LogP contribution < -0.4 is 0 Å². The maximum Gasteiger partial charge on any atom is 0.306 e. The number of aliphatic carboxylic acids is 1. The van der Waals surface area contributed by atoms with Crippen molar-refractivity contribution in [2.45, 2.75) is 32.3 Å². The lowest BCUT2D eigenvalue weighted by Crippen LogP contribution is -2.31. The molecule has 0 spiro atoms. The van der Waals surface area contributed by atoms with Crippen LogP contribution in [-0.4, -0.2) is 24.3 Å². The van der Waals surface area contributed by atoms with Crippen molar-refractivity contribution >= 4 is 5.97 Å². The summed E-state index contributed by atoms with van der Waals surface area (Å²) in [5.74, 6) is -0.561. The number of methoxy groups -OCH3 is 1. The lowest BCUT2D eigenvalue weighted by Gasteiger charge is -2.30. The van der Waals surface area contributed by atoms with E-state index in [-0.39, 0.29) is 17.9 Å². The van der Waals surface area contributed by atoms with E-state index in [0.717, 1.165) is 19.3 Å². The van der Waals surface area contributed by atoms with Gasteiger partial charge in [-0.25, -0.2) is 0 Å². The Morgan fingerprint density at radius 1 is 1.50 bits per heavy atom. The molecule has 0 unspecified atom stereocenters. The highest BCUT2D eigenvalue weighted by atomic mass is 16.5. The number of rotatable bonds is 2. The van der Waals surface area contributed by atoms with Gasteiger partial charge in [0, 0.05) is 7.11 Å². The first-order chi connectivity index (χ1) is 5.65. The van der Waals surface area contributed by atoms with E-state index in [1.54, 1.807) is 7.11 Å². The summed E-state index contributed by atoms with van der Waals surface area (Å²) in [5, 5.41) is 8.83. The zero-order valence-electron chi connectivity index (χ0n) is 7.62.